The van der Waals surface area contributed by atoms with Gasteiger partial charge in [0, 0.05) is 21.0 Å². The maximum atomic E-state index is 12.2. The first-order valence-corrected chi connectivity index (χ1v) is 8.06. The van der Waals surface area contributed by atoms with Crippen molar-refractivity contribution in [3.63, 3.8) is 0 Å². The summed E-state index contributed by atoms with van der Waals surface area (Å²) in [5.74, 6) is -1.09. The van der Waals surface area contributed by atoms with E-state index in [0.29, 0.717) is 16.8 Å². The zero-order chi connectivity index (χ0) is 17.7. The molecule has 2 rings (SSSR count). The van der Waals surface area contributed by atoms with Gasteiger partial charge in [0.15, 0.2) is 0 Å². The number of ether oxygens (including phenoxy) is 1. The molecule has 0 unspecified atom stereocenters. The van der Waals surface area contributed by atoms with E-state index >= 15 is 0 Å². The van der Waals surface area contributed by atoms with Crippen molar-refractivity contribution < 1.29 is 19.1 Å². The molecule has 0 aliphatic carbocycles. The van der Waals surface area contributed by atoms with E-state index in [4.69, 9.17) is 0 Å². The van der Waals surface area contributed by atoms with Crippen LogP contribution in [0, 0.1) is 13.8 Å². The van der Waals surface area contributed by atoms with Crippen LogP contribution in [0.2, 0.25) is 0 Å². The van der Waals surface area contributed by atoms with Gasteiger partial charge in [-0.05, 0) is 44.2 Å². The number of methoxy groups -OCH3 is 1. The van der Waals surface area contributed by atoms with Gasteiger partial charge < -0.3 is 15.4 Å². The van der Waals surface area contributed by atoms with Crippen molar-refractivity contribution >= 4 is 34.8 Å². The minimum Gasteiger partial charge on any atom is -0.468 e. The Bertz CT molecular complexity index is 765. The Hall–Kier alpha value is -2.67. The Morgan fingerprint density at radius 2 is 1.75 bits per heavy atom. The van der Waals surface area contributed by atoms with Gasteiger partial charge in [0.25, 0.3) is 11.8 Å². The summed E-state index contributed by atoms with van der Waals surface area (Å²) in [4.78, 5) is 37.1. The molecule has 0 spiro atoms. The van der Waals surface area contributed by atoms with E-state index < -0.39 is 5.97 Å². The molecule has 0 saturated heterocycles. The highest BCUT2D eigenvalue weighted by Crippen LogP contribution is 2.21. The molecule has 6 nitrogen and oxygen atoms in total. The van der Waals surface area contributed by atoms with Crippen LogP contribution in [0.1, 0.15) is 30.5 Å². The van der Waals surface area contributed by atoms with Crippen LogP contribution in [-0.2, 0) is 9.53 Å². The molecule has 0 fully saturated rings. The zero-order valence-electron chi connectivity index (χ0n) is 13.6. The van der Waals surface area contributed by atoms with Crippen molar-refractivity contribution in [2.24, 2.45) is 0 Å². The average molecular weight is 346 g/mol. The fraction of sp³-hybridized carbons (Fsp3) is 0.235. The molecule has 0 saturated carbocycles. The lowest BCUT2D eigenvalue weighted by Crippen LogP contribution is -2.30. The van der Waals surface area contributed by atoms with Gasteiger partial charge in [-0.2, -0.15) is 0 Å². The van der Waals surface area contributed by atoms with Crippen LogP contribution in [-0.4, -0.2) is 31.4 Å². The first-order valence-electron chi connectivity index (χ1n) is 7.24. The fourth-order valence-electron chi connectivity index (χ4n) is 2.09. The summed E-state index contributed by atoms with van der Waals surface area (Å²) < 4.78 is 4.45. The molecule has 7 heteroatoms. The maximum absolute atomic E-state index is 12.2. The highest BCUT2D eigenvalue weighted by atomic mass is 32.1. The van der Waals surface area contributed by atoms with E-state index in [0.717, 1.165) is 9.75 Å². The number of carbonyl (C=O) groups excluding carboxylic acids is 3. The molecule has 24 heavy (non-hydrogen) atoms. The molecule has 1 aromatic heterocycles. The number of rotatable bonds is 5. The van der Waals surface area contributed by atoms with Gasteiger partial charge in [-0.3, -0.25) is 14.4 Å². The number of hydrogen-bond acceptors (Lipinski definition) is 5. The first-order chi connectivity index (χ1) is 11.4. The van der Waals surface area contributed by atoms with E-state index in [-0.39, 0.29) is 18.4 Å². The smallest absolute Gasteiger partial charge is 0.325 e. The first kappa shape index (κ1) is 17.7. The van der Waals surface area contributed by atoms with E-state index in [2.05, 4.69) is 15.4 Å². The predicted molar refractivity (Wildman–Crippen MR) is 92.5 cm³/mol. The summed E-state index contributed by atoms with van der Waals surface area (Å²) in [7, 11) is 1.25. The molecule has 0 atom stereocenters. The minimum absolute atomic E-state index is 0.181. The van der Waals surface area contributed by atoms with Crippen LogP contribution in [0.5, 0.6) is 0 Å². The highest BCUT2D eigenvalue weighted by molar-refractivity contribution is 7.12. The molecular weight excluding hydrogens is 328 g/mol. The number of thiophene rings is 1. The second-order valence-corrected chi connectivity index (χ2v) is 6.58. The van der Waals surface area contributed by atoms with Crippen molar-refractivity contribution in [1.82, 2.24) is 5.32 Å². The summed E-state index contributed by atoms with van der Waals surface area (Å²) in [5.41, 5.74) is 1.63. The van der Waals surface area contributed by atoms with Crippen molar-refractivity contribution in [3.05, 3.63) is 51.2 Å². The van der Waals surface area contributed by atoms with Crippen LogP contribution in [0.25, 0.3) is 0 Å². The molecule has 0 radical (unpaired) electrons. The average Bonchev–Trinajstić information content (AvgIpc) is 2.91. The number of benzene rings is 1. The summed E-state index contributed by atoms with van der Waals surface area (Å²) >= 11 is 1.57. The normalized spacial score (nSPS) is 10.1. The van der Waals surface area contributed by atoms with Gasteiger partial charge in [0.1, 0.15) is 6.54 Å². The van der Waals surface area contributed by atoms with Gasteiger partial charge in [-0.1, -0.05) is 0 Å². The third-order valence-corrected chi connectivity index (χ3v) is 4.28. The topological polar surface area (TPSA) is 84.5 Å². The van der Waals surface area contributed by atoms with Gasteiger partial charge in [0.2, 0.25) is 0 Å². The number of nitrogens with one attached hydrogen (secondary N) is 2. The molecule has 1 aromatic carbocycles. The Labute approximate surface area is 143 Å². The van der Waals surface area contributed by atoms with Gasteiger partial charge in [0.05, 0.1) is 12.7 Å². The van der Waals surface area contributed by atoms with Gasteiger partial charge in [-0.15, -0.1) is 11.3 Å². The Balaban J connectivity index is 1.99. The number of aryl methyl sites for hydroxylation is 2. The Kier molecular flexibility index (Phi) is 5.70. The molecule has 0 aliphatic heterocycles. The monoisotopic (exact) mass is 346 g/mol. The summed E-state index contributed by atoms with van der Waals surface area (Å²) in [5, 5.41) is 5.25. The SMILES string of the molecule is COC(=O)CNC(=O)c1ccc(NC(=O)c2cc(C)sc2C)cc1. The van der Waals surface area contributed by atoms with Crippen molar-refractivity contribution in [2.75, 3.05) is 19.0 Å². The third-order valence-electron chi connectivity index (χ3n) is 3.31. The van der Waals surface area contributed by atoms with Crippen LogP contribution in [0.15, 0.2) is 30.3 Å². The van der Waals surface area contributed by atoms with E-state index in [1.54, 1.807) is 35.6 Å². The quantitative estimate of drug-likeness (QED) is 0.815. The standard InChI is InChI=1S/C17H18N2O4S/c1-10-8-14(11(2)24-10)17(22)19-13-6-4-12(5-7-13)16(21)18-9-15(20)23-3/h4-8H,9H2,1-3H3,(H,18,21)(H,19,22). The van der Waals surface area contributed by atoms with Crippen LogP contribution >= 0.6 is 11.3 Å². The van der Waals surface area contributed by atoms with E-state index in [1.807, 2.05) is 19.9 Å². The van der Waals surface area contributed by atoms with Crippen molar-refractivity contribution in [3.8, 4) is 0 Å². The second kappa shape index (κ2) is 7.74. The number of hydrogen-bond donors (Lipinski definition) is 2. The number of anilines is 1. The lowest BCUT2D eigenvalue weighted by atomic mass is 10.2. The molecule has 2 N–H and O–H groups in total. The fourth-order valence-corrected chi connectivity index (χ4v) is 3.01. The number of carbonyl (C=O) groups is 3. The second-order valence-electron chi connectivity index (χ2n) is 5.12. The zero-order valence-corrected chi connectivity index (χ0v) is 14.5. The van der Waals surface area contributed by atoms with Crippen molar-refractivity contribution in [2.45, 2.75) is 13.8 Å². The van der Waals surface area contributed by atoms with E-state index in [9.17, 15) is 14.4 Å². The van der Waals surface area contributed by atoms with Crippen LogP contribution < -0.4 is 10.6 Å². The van der Waals surface area contributed by atoms with Crippen molar-refractivity contribution in [1.29, 1.82) is 0 Å². The van der Waals surface area contributed by atoms with Crippen LogP contribution in [0.3, 0.4) is 0 Å². The molecule has 0 bridgehead atoms. The van der Waals surface area contributed by atoms with Gasteiger partial charge in [-0.25, -0.2) is 0 Å². The lowest BCUT2D eigenvalue weighted by Gasteiger charge is -2.07. The minimum atomic E-state index is -0.520. The summed E-state index contributed by atoms with van der Waals surface area (Å²) in [6, 6.07) is 8.28. The maximum Gasteiger partial charge on any atom is 0.325 e. The molecular formula is C17H18N2O4S. The molecule has 2 amide bonds. The largest absolute Gasteiger partial charge is 0.468 e. The number of esters is 1. The van der Waals surface area contributed by atoms with Gasteiger partial charge >= 0.3 is 5.97 Å². The van der Waals surface area contributed by atoms with Crippen LogP contribution in [0.4, 0.5) is 5.69 Å². The van der Waals surface area contributed by atoms with E-state index in [1.165, 1.54) is 7.11 Å². The molecule has 1 heterocycles. The lowest BCUT2D eigenvalue weighted by molar-refractivity contribution is -0.139. The molecule has 2 aromatic rings. The molecule has 0 aliphatic rings. The third kappa shape index (κ3) is 4.42. The highest BCUT2D eigenvalue weighted by Gasteiger charge is 2.13. The Morgan fingerprint density at radius 1 is 1.08 bits per heavy atom. The summed E-state index contributed by atoms with van der Waals surface area (Å²) in [6.45, 7) is 3.67. The number of amides is 2. The summed E-state index contributed by atoms with van der Waals surface area (Å²) in [6.07, 6.45) is 0. The molecule has 126 valence electrons. The Morgan fingerprint density at radius 3 is 2.29 bits per heavy atom. The predicted octanol–water partition coefficient (Wildman–Crippen LogP) is 2.52.